The number of hydrogen-bond acceptors (Lipinski definition) is 4. The third kappa shape index (κ3) is 9.13. The molecule has 6 nitrogen and oxygen atoms in total. The quantitative estimate of drug-likeness (QED) is 0.323. The van der Waals surface area contributed by atoms with Gasteiger partial charge in [-0.2, -0.15) is 0 Å². The molecule has 0 amide bonds. The molecular weight excluding hydrogens is 292 g/mol. The summed E-state index contributed by atoms with van der Waals surface area (Å²) in [5.74, 6) is 0.857. The van der Waals surface area contributed by atoms with E-state index in [2.05, 4.69) is 34.4 Å². The molecule has 2 N–H and O–H groups in total. The van der Waals surface area contributed by atoms with E-state index in [-0.39, 0.29) is 0 Å². The van der Waals surface area contributed by atoms with Gasteiger partial charge in [-0.05, 0) is 32.4 Å². The van der Waals surface area contributed by atoms with E-state index in [9.17, 15) is 0 Å². The molecule has 1 unspecified atom stereocenters. The van der Waals surface area contributed by atoms with Crippen LogP contribution in [0.2, 0.25) is 0 Å². The Balaban J connectivity index is 1.99. The van der Waals surface area contributed by atoms with Crippen LogP contribution in [-0.4, -0.2) is 76.6 Å². The second-order valence-corrected chi connectivity index (χ2v) is 5.88. The Morgan fingerprint density at radius 3 is 2.61 bits per heavy atom. The van der Waals surface area contributed by atoms with Crippen molar-refractivity contribution < 1.29 is 9.47 Å². The highest BCUT2D eigenvalue weighted by Crippen LogP contribution is 2.15. The number of hydrogen-bond donors (Lipinski definition) is 2. The summed E-state index contributed by atoms with van der Waals surface area (Å²) in [6.45, 7) is 11.3. The molecule has 1 rings (SSSR count). The normalized spacial score (nSPS) is 19.3. The fourth-order valence-corrected chi connectivity index (χ4v) is 2.79. The molecule has 0 aromatic rings. The van der Waals surface area contributed by atoms with Crippen molar-refractivity contribution in [3.8, 4) is 0 Å². The van der Waals surface area contributed by atoms with Gasteiger partial charge in [0.25, 0.3) is 0 Å². The van der Waals surface area contributed by atoms with Gasteiger partial charge in [0.1, 0.15) is 0 Å². The van der Waals surface area contributed by atoms with Gasteiger partial charge >= 0.3 is 0 Å². The highest BCUT2D eigenvalue weighted by atomic mass is 16.5. The Kier molecular flexibility index (Phi) is 11.9. The largest absolute Gasteiger partial charge is 0.379 e. The lowest BCUT2D eigenvalue weighted by atomic mass is 10.2. The number of nitrogens with one attached hydrogen (secondary N) is 2. The molecule has 0 aromatic carbocycles. The predicted octanol–water partition coefficient (Wildman–Crippen LogP) is 1.47. The fraction of sp³-hybridized carbons (Fsp3) is 0.941. The van der Waals surface area contributed by atoms with Gasteiger partial charge in [-0.3, -0.25) is 9.89 Å². The van der Waals surface area contributed by atoms with Crippen LogP contribution in [0.15, 0.2) is 4.99 Å². The topological polar surface area (TPSA) is 58.1 Å². The Hall–Kier alpha value is -0.850. The standard InChI is InChI=1S/C17H36N4O2/c1-4-6-11-22-13-14-23-12-9-19-17(18-3)20-15-16-8-7-10-21(16)5-2/h16H,4-15H2,1-3H3,(H2,18,19,20). The number of rotatable bonds is 12. The third-order valence-corrected chi connectivity index (χ3v) is 4.19. The number of likely N-dealkylation sites (tertiary alicyclic amines) is 1. The molecule has 1 aliphatic rings. The summed E-state index contributed by atoms with van der Waals surface area (Å²) in [6, 6.07) is 0.634. The number of likely N-dealkylation sites (N-methyl/N-ethyl adjacent to an activating group) is 1. The number of nitrogens with zero attached hydrogens (tertiary/aromatic N) is 2. The van der Waals surface area contributed by atoms with Crippen LogP contribution in [-0.2, 0) is 9.47 Å². The summed E-state index contributed by atoms with van der Waals surface area (Å²) in [5.41, 5.74) is 0. The van der Waals surface area contributed by atoms with E-state index in [1.807, 2.05) is 7.05 Å². The van der Waals surface area contributed by atoms with E-state index in [1.54, 1.807) is 0 Å². The maximum atomic E-state index is 5.54. The van der Waals surface area contributed by atoms with E-state index in [0.29, 0.717) is 25.9 Å². The zero-order chi connectivity index (χ0) is 16.8. The summed E-state index contributed by atoms with van der Waals surface area (Å²) >= 11 is 0. The second kappa shape index (κ2) is 13.6. The van der Waals surface area contributed by atoms with Crippen molar-refractivity contribution in [2.24, 2.45) is 4.99 Å². The number of unbranched alkanes of at least 4 members (excludes halogenated alkanes) is 1. The second-order valence-electron chi connectivity index (χ2n) is 5.88. The van der Waals surface area contributed by atoms with Crippen molar-refractivity contribution in [3.63, 3.8) is 0 Å². The first-order chi connectivity index (χ1) is 11.3. The van der Waals surface area contributed by atoms with Crippen molar-refractivity contribution in [3.05, 3.63) is 0 Å². The van der Waals surface area contributed by atoms with Gasteiger partial charge in [0, 0.05) is 32.8 Å². The molecule has 1 aliphatic heterocycles. The van der Waals surface area contributed by atoms with Crippen molar-refractivity contribution >= 4 is 5.96 Å². The minimum Gasteiger partial charge on any atom is -0.379 e. The molecule has 1 saturated heterocycles. The smallest absolute Gasteiger partial charge is 0.191 e. The van der Waals surface area contributed by atoms with Crippen LogP contribution in [0.5, 0.6) is 0 Å². The number of aliphatic imine (C=N–C) groups is 1. The summed E-state index contributed by atoms with van der Waals surface area (Å²) in [5, 5.41) is 6.71. The molecule has 1 fully saturated rings. The average molecular weight is 329 g/mol. The SMILES string of the molecule is CCCCOCCOCCNC(=NC)NCC1CCCN1CC. The van der Waals surface area contributed by atoms with E-state index in [4.69, 9.17) is 9.47 Å². The van der Waals surface area contributed by atoms with Crippen molar-refractivity contribution in [1.29, 1.82) is 0 Å². The molecule has 1 heterocycles. The van der Waals surface area contributed by atoms with Crippen molar-refractivity contribution in [2.75, 3.05) is 59.7 Å². The van der Waals surface area contributed by atoms with E-state index < -0.39 is 0 Å². The van der Waals surface area contributed by atoms with Crippen LogP contribution in [0.25, 0.3) is 0 Å². The van der Waals surface area contributed by atoms with Crippen molar-refractivity contribution in [1.82, 2.24) is 15.5 Å². The zero-order valence-corrected chi connectivity index (χ0v) is 15.3. The molecule has 0 aliphatic carbocycles. The first-order valence-corrected chi connectivity index (χ1v) is 9.15. The Morgan fingerprint density at radius 2 is 1.91 bits per heavy atom. The molecule has 0 radical (unpaired) electrons. The molecule has 0 saturated carbocycles. The van der Waals surface area contributed by atoms with Gasteiger partial charge in [0.05, 0.1) is 19.8 Å². The maximum absolute atomic E-state index is 5.54. The van der Waals surface area contributed by atoms with E-state index >= 15 is 0 Å². The summed E-state index contributed by atoms with van der Waals surface area (Å²) in [6.07, 6.45) is 4.88. The molecule has 0 spiro atoms. The van der Waals surface area contributed by atoms with Gasteiger partial charge in [0.15, 0.2) is 5.96 Å². The maximum Gasteiger partial charge on any atom is 0.191 e. The number of guanidine groups is 1. The molecule has 1 atom stereocenters. The summed E-state index contributed by atoms with van der Waals surface area (Å²) in [7, 11) is 1.81. The minimum atomic E-state index is 0.634. The van der Waals surface area contributed by atoms with Crippen molar-refractivity contribution in [2.45, 2.75) is 45.6 Å². The average Bonchev–Trinajstić information content (AvgIpc) is 3.03. The van der Waals surface area contributed by atoms with Crippen LogP contribution in [0.1, 0.15) is 39.5 Å². The van der Waals surface area contributed by atoms with Crippen LogP contribution < -0.4 is 10.6 Å². The third-order valence-electron chi connectivity index (χ3n) is 4.19. The highest BCUT2D eigenvalue weighted by Gasteiger charge is 2.22. The zero-order valence-electron chi connectivity index (χ0n) is 15.3. The number of ether oxygens (including phenoxy) is 2. The Morgan fingerprint density at radius 1 is 1.13 bits per heavy atom. The fourth-order valence-electron chi connectivity index (χ4n) is 2.79. The van der Waals surface area contributed by atoms with Gasteiger partial charge in [-0.1, -0.05) is 20.3 Å². The lowest BCUT2D eigenvalue weighted by molar-refractivity contribution is 0.0487. The Labute approximate surface area is 142 Å². The molecular formula is C17H36N4O2. The van der Waals surface area contributed by atoms with Gasteiger partial charge in [-0.15, -0.1) is 0 Å². The molecule has 6 heteroatoms. The Bertz CT molecular complexity index is 313. The summed E-state index contributed by atoms with van der Waals surface area (Å²) < 4.78 is 11.0. The van der Waals surface area contributed by atoms with Crippen LogP contribution in [0, 0.1) is 0 Å². The lowest BCUT2D eigenvalue weighted by Crippen LogP contribution is -2.45. The first kappa shape index (κ1) is 20.2. The molecule has 136 valence electrons. The minimum absolute atomic E-state index is 0.634. The molecule has 23 heavy (non-hydrogen) atoms. The monoisotopic (exact) mass is 328 g/mol. The van der Waals surface area contributed by atoms with Crippen LogP contribution in [0.3, 0.4) is 0 Å². The summed E-state index contributed by atoms with van der Waals surface area (Å²) in [4.78, 5) is 6.79. The first-order valence-electron chi connectivity index (χ1n) is 9.15. The molecule has 0 bridgehead atoms. The molecule has 0 aromatic heterocycles. The predicted molar refractivity (Wildman–Crippen MR) is 96.2 cm³/mol. The van der Waals surface area contributed by atoms with E-state index in [1.165, 1.54) is 25.8 Å². The van der Waals surface area contributed by atoms with E-state index in [0.717, 1.165) is 38.6 Å². The lowest BCUT2D eigenvalue weighted by Gasteiger charge is -2.23. The van der Waals surface area contributed by atoms with Gasteiger partial charge < -0.3 is 20.1 Å². The van der Waals surface area contributed by atoms with Crippen LogP contribution >= 0.6 is 0 Å². The highest BCUT2D eigenvalue weighted by molar-refractivity contribution is 5.79. The van der Waals surface area contributed by atoms with Crippen LogP contribution in [0.4, 0.5) is 0 Å². The van der Waals surface area contributed by atoms with Gasteiger partial charge in [0.2, 0.25) is 0 Å². The van der Waals surface area contributed by atoms with Gasteiger partial charge in [-0.25, -0.2) is 0 Å².